The lowest BCUT2D eigenvalue weighted by atomic mass is 9.80. The molecule has 6 aromatic carbocycles. The highest BCUT2D eigenvalue weighted by Crippen LogP contribution is 2.43. The van der Waals surface area contributed by atoms with Crippen LogP contribution in [0.2, 0.25) is 5.04 Å². The first-order valence-electron chi connectivity index (χ1n) is 16.9. The molecule has 0 spiro atoms. The van der Waals surface area contributed by atoms with Crippen molar-refractivity contribution < 1.29 is 18.6 Å². The molecule has 1 radical (unpaired) electrons. The molecular weight excluding hydrogens is 633 g/mol. The van der Waals surface area contributed by atoms with Crippen molar-refractivity contribution in [2.75, 3.05) is 14.2 Å². The van der Waals surface area contributed by atoms with Gasteiger partial charge in [-0.15, -0.1) is 0 Å². The van der Waals surface area contributed by atoms with Gasteiger partial charge >= 0.3 is 8.32 Å². The summed E-state index contributed by atoms with van der Waals surface area (Å²) in [6, 6.07) is 54.2. The van der Waals surface area contributed by atoms with Crippen molar-refractivity contribution in [3.8, 4) is 17.2 Å². The Bertz CT molecular complexity index is 1880. The van der Waals surface area contributed by atoms with E-state index in [-0.39, 0.29) is 5.04 Å². The van der Waals surface area contributed by atoms with Crippen LogP contribution in [0, 0.1) is 6.92 Å². The summed E-state index contributed by atoms with van der Waals surface area (Å²) in [5.41, 5.74) is 3.83. The minimum absolute atomic E-state index is 0.186. The standard InChI is InChI=1S/C45H45O4Si/c1-34-30-35(32-41(31-34)49-50(44(2,3)4,42-18-12-8-13-19-42)43-20-14-9-15-21-43)33-48-45(36-16-10-7-11-17-36,37-22-26-39(46-5)27-23-37)38-24-28-40(47-6)29-25-38/h7-32H,1,33H2,2-6H3. The van der Waals surface area contributed by atoms with Crippen LogP contribution in [0.1, 0.15) is 48.6 Å². The van der Waals surface area contributed by atoms with E-state index in [1.807, 2.05) is 48.5 Å². The second-order valence-corrected chi connectivity index (χ2v) is 17.8. The molecule has 6 rings (SSSR count). The Morgan fingerprint density at radius 1 is 0.520 bits per heavy atom. The zero-order valence-corrected chi connectivity index (χ0v) is 30.6. The van der Waals surface area contributed by atoms with Crippen LogP contribution in [0.4, 0.5) is 0 Å². The third-order valence-corrected chi connectivity index (χ3v) is 14.3. The summed E-state index contributed by atoms with van der Waals surface area (Å²) in [6.45, 7) is 11.5. The van der Waals surface area contributed by atoms with Crippen LogP contribution in [-0.2, 0) is 16.9 Å². The summed E-state index contributed by atoms with van der Waals surface area (Å²) < 4.78 is 25.7. The Morgan fingerprint density at radius 2 is 0.960 bits per heavy atom. The molecule has 0 atom stereocenters. The maximum Gasteiger partial charge on any atom is 0.319 e. The average molecular weight is 678 g/mol. The maximum absolute atomic E-state index is 7.41. The van der Waals surface area contributed by atoms with Gasteiger partial charge in [-0.1, -0.05) is 142 Å². The lowest BCUT2D eigenvalue weighted by Gasteiger charge is -2.43. The van der Waals surface area contributed by atoms with E-state index < -0.39 is 13.9 Å². The van der Waals surface area contributed by atoms with Gasteiger partial charge in [-0.05, 0) is 86.6 Å². The summed E-state index contributed by atoms with van der Waals surface area (Å²) in [4.78, 5) is 0. The van der Waals surface area contributed by atoms with E-state index >= 15 is 0 Å². The van der Waals surface area contributed by atoms with Crippen LogP contribution in [-0.4, -0.2) is 22.5 Å². The SMILES string of the molecule is [CH2]c1cc(COC(c2ccccc2)(c2ccc(OC)cc2)c2ccc(OC)cc2)cc(O[Si](c2ccccc2)(c2ccccc2)C(C)(C)C)c1. The number of hydrogen-bond acceptors (Lipinski definition) is 4. The monoisotopic (exact) mass is 677 g/mol. The van der Waals surface area contributed by atoms with Crippen molar-refractivity contribution >= 4 is 18.7 Å². The van der Waals surface area contributed by atoms with Gasteiger partial charge in [-0.2, -0.15) is 0 Å². The highest BCUT2D eigenvalue weighted by Gasteiger charge is 2.52. The van der Waals surface area contributed by atoms with E-state index in [0.717, 1.165) is 45.1 Å². The predicted octanol–water partition coefficient (Wildman–Crippen LogP) is 9.33. The third kappa shape index (κ3) is 6.84. The molecule has 0 N–H and O–H groups in total. The van der Waals surface area contributed by atoms with Gasteiger partial charge in [0.05, 0.1) is 20.8 Å². The van der Waals surface area contributed by atoms with Gasteiger partial charge in [0.15, 0.2) is 0 Å². The molecule has 0 fully saturated rings. The largest absolute Gasteiger partial charge is 0.534 e. The van der Waals surface area contributed by atoms with Gasteiger partial charge in [-0.25, -0.2) is 0 Å². The van der Waals surface area contributed by atoms with E-state index in [9.17, 15) is 0 Å². The van der Waals surface area contributed by atoms with Gasteiger partial charge in [0.25, 0.3) is 0 Å². The van der Waals surface area contributed by atoms with Crippen LogP contribution in [0.5, 0.6) is 17.2 Å². The highest BCUT2D eigenvalue weighted by atomic mass is 28.4. The van der Waals surface area contributed by atoms with Gasteiger partial charge in [0.1, 0.15) is 22.8 Å². The van der Waals surface area contributed by atoms with Crippen molar-refractivity contribution in [3.63, 3.8) is 0 Å². The smallest absolute Gasteiger partial charge is 0.319 e. The highest BCUT2D eigenvalue weighted by molar-refractivity contribution is 7.00. The third-order valence-electron chi connectivity index (χ3n) is 9.34. The van der Waals surface area contributed by atoms with Crippen LogP contribution < -0.4 is 24.3 Å². The summed E-state index contributed by atoms with van der Waals surface area (Å²) in [5.74, 6) is 2.34. The van der Waals surface area contributed by atoms with Gasteiger partial charge in [0.2, 0.25) is 0 Å². The average Bonchev–Trinajstić information content (AvgIpc) is 3.15. The molecule has 0 bridgehead atoms. The molecule has 0 aliphatic heterocycles. The van der Waals surface area contributed by atoms with E-state index in [1.165, 1.54) is 10.4 Å². The zero-order chi connectivity index (χ0) is 35.2. The molecule has 50 heavy (non-hydrogen) atoms. The lowest BCUT2D eigenvalue weighted by molar-refractivity contribution is 0.000135. The van der Waals surface area contributed by atoms with E-state index in [2.05, 4.69) is 137 Å². The second-order valence-electron chi connectivity index (χ2n) is 13.5. The second kappa shape index (κ2) is 14.8. The van der Waals surface area contributed by atoms with Gasteiger partial charge < -0.3 is 18.6 Å². The minimum atomic E-state index is -2.86. The molecule has 6 aromatic rings. The van der Waals surface area contributed by atoms with Crippen LogP contribution in [0.3, 0.4) is 0 Å². The molecule has 0 amide bonds. The molecule has 5 heteroatoms. The fourth-order valence-corrected chi connectivity index (χ4v) is 11.4. The van der Waals surface area contributed by atoms with Crippen LogP contribution in [0.15, 0.2) is 158 Å². The molecule has 0 aliphatic carbocycles. The topological polar surface area (TPSA) is 36.9 Å². The molecule has 4 nitrogen and oxygen atoms in total. The Hall–Kier alpha value is -5.10. The molecule has 0 heterocycles. The summed E-state index contributed by atoms with van der Waals surface area (Å²) in [6.07, 6.45) is 0. The first kappa shape index (κ1) is 34.7. The van der Waals surface area contributed by atoms with Crippen molar-refractivity contribution in [3.05, 3.63) is 192 Å². The van der Waals surface area contributed by atoms with E-state index in [0.29, 0.717) is 6.61 Å². The molecular formula is C45H45O4Si. The van der Waals surface area contributed by atoms with Crippen molar-refractivity contribution in [2.24, 2.45) is 0 Å². The Morgan fingerprint density at radius 3 is 1.40 bits per heavy atom. The minimum Gasteiger partial charge on any atom is -0.534 e. The number of methoxy groups -OCH3 is 2. The van der Waals surface area contributed by atoms with Gasteiger partial charge in [0, 0.05) is 0 Å². The molecule has 253 valence electrons. The fourth-order valence-electron chi connectivity index (χ4n) is 6.96. The van der Waals surface area contributed by atoms with Crippen LogP contribution >= 0.6 is 0 Å². The molecule has 0 aromatic heterocycles. The zero-order valence-electron chi connectivity index (χ0n) is 29.6. The van der Waals surface area contributed by atoms with Crippen molar-refractivity contribution in [1.29, 1.82) is 0 Å². The normalized spacial score (nSPS) is 12.0. The van der Waals surface area contributed by atoms with Crippen molar-refractivity contribution in [2.45, 2.75) is 38.0 Å². The Labute approximate surface area is 298 Å². The predicted molar refractivity (Wildman–Crippen MR) is 206 cm³/mol. The first-order chi connectivity index (χ1) is 24.2. The summed E-state index contributed by atoms with van der Waals surface area (Å²) in [5, 5.41) is 2.25. The first-order valence-corrected chi connectivity index (χ1v) is 18.8. The number of rotatable bonds is 12. The molecule has 0 saturated carbocycles. The summed E-state index contributed by atoms with van der Waals surface area (Å²) >= 11 is 0. The number of hydrogen-bond donors (Lipinski definition) is 0. The van der Waals surface area contributed by atoms with E-state index in [4.69, 9.17) is 18.6 Å². The Balaban J connectivity index is 1.46. The number of benzene rings is 6. The number of ether oxygens (including phenoxy) is 3. The Kier molecular flexibility index (Phi) is 10.3. The molecule has 0 unspecified atom stereocenters. The van der Waals surface area contributed by atoms with Crippen molar-refractivity contribution in [1.82, 2.24) is 0 Å². The van der Waals surface area contributed by atoms with Gasteiger partial charge in [-0.3, -0.25) is 0 Å². The lowest BCUT2D eigenvalue weighted by Crippen LogP contribution is -2.68. The molecule has 0 aliphatic rings. The quantitative estimate of drug-likeness (QED) is 0.0956. The van der Waals surface area contributed by atoms with E-state index in [1.54, 1.807) is 14.2 Å². The summed E-state index contributed by atoms with van der Waals surface area (Å²) in [7, 11) is 0.492. The molecule has 0 saturated heterocycles. The maximum atomic E-state index is 7.41. The fraction of sp³-hybridized carbons (Fsp3) is 0.178. The van der Waals surface area contributed by atoms with Crippen LogP contribution in [0.25, 0.3) is 0 Å².